The molecule has 0 aromatic carbocycles. The Morgan fingerprint density at radius 3 is 1.82 bits per heavy atom. The van der Waals surface area contributed by atoms with E-state index in [1.54, 1.807) is 6.92 Å². The molecule has 4 atom stereocenters. The van der Waals surface area contributed by atoms with Crippen molar-refractivity contribution in [3.8, 4) is 0 Å². The largest absolute Gasteiger partial charge is 0.390 e. The van der Waals surface area contributed by atoms with Crippen molar-refractivity contribution >= 4 is 7.85 Å². The first kappa shape index (κ1) is 17.0. The van der Waals surface area contributed by atoms with Gasteiger partial charge in [0.2, 0.25) is 0 Å². The lowest BCUT2D eigenvalue weighted by Crippen LogP contribution is -2.66. The minimum Gasteiger partial charge on any atom is -0.390 e. The van der Waals surface area contributed by atoms with Gasteiger partial charge in [-0.15, -0.1) is 0 Å². The molecule has 3 heteroatoms. The van der Waals surface area contributed by atoms with Crippen molar-refractivity contribution in [1.82, 2.24) is 0 Å². The first-order valence-corrected chi connectivity index (χ1v) is 6.88. The van der Waals surface area contributed by atoms with E-state index >= 15 is 0 Å². The zero-order valence-corrected chi connectivity index (χ0v) is 12.3. The van der Waals surface area contributed by atoms with Gasteiger partial charge in [-0.3, -0.25) is 0 Å². The molecule has 3 aliphatic carbocycles. The average Bonchev–Trinajstić information content (AvgIpc) is 2.25. The maximum absolute atomic E-state index is 10.0. The number of rotatable bonds is 0. The smallest absolute Gasteiger partial charge is 0.0910 e. The molecule has 17 heavy (non-hydrogen) atoms. The monoisotopic (exact) mass is 240 g/mol. The SMILES string of the molecule is CC.CC1(C)C2CC1C(C)(O)[C@H](O)C2.[B]CC. The predicted octanol–water partition coefficient (Wildman–Crippen LogP) is 2.78. The van der Waals surface area contributed by atoms with Crippen molar-refractivity contribution in [3.05, 3.63) is 0 Å². The van der Waals surface area contributed by atoms with Crippen LogP contribution in [0.5, 0.6) is 0 Å². The highest BCUT2D eigenvalue weighted by Crippen LogP contribution is 2.62. The van der Waals surface area contributed by atoms with E-state index < -0.39 is 11.7 Å². The molecule has 0 heterocycles. The molecule has 3 aliphatic rings. The molecule has 3 saturated carbocycles. The third-order valence-electron chi connectivity index (χ3n) is 4.36. The molecular formula is C14H29BO2. The summed E-state index contributed by atoms with van der Waals surface area (Å²) in [5.74, 6) is 0.913. The van der Waals surface area contributed by atoms with Gasteiger partial charge in [0, 0.05) is 0 Å². The van der Waals surface area contributed by atoms with Gasteiger partial charge < -0.3 is 10.2 Å². The van der Waals surface area contributed by atoms with E-state index in [9.17, 15) is 10.2 Å². The first-order chi connectivity index (χ1) is 7.78. The number of aliphatic hydroxyl groups is 2. The second-order valence-electron chi connectivity index (χ2n) is 5.69. The molecule has 0 aromatic heterocycles. The molecule has 0 saturated heterocycles. The minimum atomic E-state index is -0.849. The van der Waals surface area contributed by atoms with Crippen molar-refractivity contribution < 1.29 is 10.2 Å². The number of fused-ring (bicyclic) bond motifs is 2. The van der Waals surface area contributed by atoms with Gasteiger partial charge in [0.25, 0.3) is 0 Å². The summed E-state index contributed by atoms with van der Waals surface area (Å²) in [6, 6.07) is 0. The Morgan fingerprint density at radius 1 is 1.18 bits per heavy atom. The molecule has 3 fully saturated rings. The fraction of sp³-hybridized carbons (Fsp3) is 1.00. The normalized spacial score (nSPS) is 41.1. The maximum atomic E-state index is 10.0. The molecule has 0 spiro atoms. The van der Waals surface area contributed by atoms with Crippen LogP contribution in [0.2, 0.25) is 6.32 Å². The Morgan fingerprint density at radius 2 is 1.59 bits per heavy atom. The van der Waals surface area contributed by atoms with E-state index in [1.165, 1.54) is 0 Å². The van der Waals surface area contributed by atoms with Gasteiger partial charge in [0.15, 0.2) is 0 Å². The van der Waals surface area contributed by atoms with E-state index in [1.807, 2.05) is 20.8 Å². The molecule has 2 radical (unpaired) electrons. The summed E-state index contributed by atoms with van der Waals surface area (Å²) in [5.41, 5.74) is -0.610. The lowest BCUT2D eigenvalue weighted by molar-refractivity contribution is -0.245. The zero-order valence-electron chi connectivity index (χ0n) is 12.3. The van der Waals surface area contributed by atoms with E-state index in [2.05, 4.69) is 13.8 Å². The standard InChI is InChI=1S/C10H18O2.C2H5B.C2H6/c1-9(2)6-4-7(9)10(3,12)8(11)5-6;1-2-3;1-2/h6-8,11-12H,4-5H2,1-3H3;2H2,1H3;1-2H3/t6?,7?,8-,10?;;/m1../s1. The van der Waals surface area contributed by atoms with Crippen molar-refractivity contribution in [2.75, 3.05) is 0 Å². The van der Waals surface area contributed by atoms with Gasteiger partial charge in [-0.05, 0) is 37.0 Å². The Labute approximate surface area is 108 Å². The summed E-state index contributed by atoms with van der Waals surface area (Å²) in [7, 11) is 4.85. The Balaban J connectivity index is 0.000000450. The third-order valence-corrected chi connectivity index (χ3v) is 4.36. The molecule has 0 aliphatic heterocycles. The molecule has 2 N–H and O–H groups in total. The van der Waals surface area contributed by atoms with Crippen LogP contribution in [0.25, 0.3) is 0 Å². The molecule has 2 bridgehead atoms. The lowest BCUT2D eigenvalue weighted by atomic mass is 9.43. The Bertz CT molecular complexity index is 226. The molecule has 2 nitrogen and oxygen atoms in total. The molecule has 0 amide bonds. The lowest BCUT2D eigenvalue weighted by Gasteiger charge is -2.64. The topological polar surface area (TPSA) is 40.5 Å². The van der Waals surface area contributed by atoms with Crippen LogP contribution in [0.1, 0.15) is 54.4 Å². The zero-order chi connectivity index (χ0) is 13.9. The van der Waals surface area contributed by atoms with Crippen LogP contribution >= 0.6 is 0 Å². The van der Waals surface area contributed by atoms with Crippen LogP contribution in [0.3, 0.4) is 0 Å². The quantitative estimate of drug-likeness (QED) is 0.639. The highest BCUT2D eigenvalue weighted by Gasteiger charge is 2.62. The van der Waals surface area contributed by atoms with Gasteiger partial charge in [0.1, 0.15) is 0 Å². The first-order valence-electron chi connectivity index (χ1n) is 6.88. The van der Waals surface area contributed by atoms with Gasteiger partial charge in [-0.25, -0.2) is 0 Å². The van der Waals surface area contributed by atoms with E-state index in [0.29, 0.717) is 11.8 Å². The molecule has 0 aromatic rings. The fourth-order valence-electron chi connectivity index (χ4n) is 3.15. The van der Waals surface area contributed by atoms with Gasteiger partial charge in [-0.1, -0.05) is 40.9 Å². The van der Waals surface area contributed by atoms with Crippen LogP contribution in [-0.2, 0) is 0 Å². The van der Waals surface area contributed by atoms with E-state index in [-0.39, 0.29) is 5.41 Å². The van der Waals surface area contributed by atoms with Crippen molar-refractivity contribution in [3.63, 3.8) is 0 Å². The van der Waals surface area contributed by atoms with Gasteiger partial charge >= 0.3 is 0 Å². The van der Waals surface area contributed by atoms with Crippen molar-refractivity contribution in [1.29, 1.82) is 0 Å². The van der Waals surface area contributed by atoms with Gasteiger partial charge in [0.05, 0.1) is 19.6 Å². The number of hydrogen-bond donors (Lipinski definition) is 2. The van der Waals surface area contributed by atoms with Crippen LogP contribution in [-0.4, -0.2) is 29.8 Å². The van der Waals surface area contributed by atoms with E-state index in [4.69, 9.17) is 7.85 Å². The van der Waals surface area contributed by atoms with Crippen molar-refractivity contribution in [2.45, 2.75) is 72.4 Å². The predicted molar refractivity (Wildman–Crippen MR) is 74.2 cm³/mol. The summed E-state index contributed by atoms with van der Waals surface area (Å²) in [5, 5.41) is 19.7. The molecule has 3 unspecified atom stereocenters. The Hall–Kier alpha value is -0.0151. The average molecular weight is 240 g/mol. The minimum absolute atomic E-state index is 0.239. The summed E-state index contributed by atoms with van der Waals surface area (Å²) >= 11 is 0. The summed E-state index contributed by atoms with van der Waals surface area (Å²) in [6.07, 6.45) is 2.11. The third kappa shape index (κ3) is 3.06. The molecular weight excluding hydrogens is 211 g/mol. The Kier molecular flexibility index (Phi) is 6.23. The van der Waals surface area contributed by atoms with Crippen LogP contribution in [0, 0.1) is 17.3 Å². The summed E-state index contributed by atoms with van der Waals surface area (Å²) in [4.78, 5) is 0. The maximum Gasteiger partial charge on any atom is 0.0910 e. The number of aliphatic hydroxyl groups excluding tert-OH is 1. The molecule has 3 rings (SSSR count). The highest BCUT2D eigenvalue weighted by molar-refractivity contribution is 6.08. The van der Waals surface area contributed by atoms with Crippen LogP contribution < -0.4 is 0 Å². The second kappa shape index (κ2) is 6.24. The van der Waals surface area contributed by atoms with E-state index in [0.717, 1.165) is 19.2 Å². The van der Waals surface area contributed by atoms with Crippen LogP contribution in [0.15, 0.2) is 0 Å². The summed E-state index contributed by atoms with van der Waals surface area (Å²) < 4.78 is 0. The molecule has 100 valence electrons. The number of hydrogen-bond acceptors (Lipinski definition) is 2. The van der Waals surface area contributed by atoms with Crippen LogP contribution in [0.4, 0.5) is 0 Å². The second-order valence-corrected chi connectivity index (χ2v) is 5.69. The van der Waals surface area contributed by atoms with Gasteiger partial charge in [-0.2, -0.15) is 0 Å². The summed E-state index contributed by atoms with van der Waals surface area (Å²) in [6.45, 7) is 12.1. The highest BCUT2D eigenvalue weighted by atomic mass is 16.3. The fourth-order valence-corrected chi connectivity index (χ4v) is 3.15. The van der Waals surface area contributed by atoms with Crippen molar-refractivity contribution in [2.24, 2.45) is 17.3 Å².